The molecule has 0 aliphatic carbocycles. The van der Waals surface area contributed by atoms with Gasteiger partial charge in [0.1, 0.15) is 18.0 Å². The SMILES string of the molecule is CCC(NC(C)c1nncn1C)c1ccc(F)cc1. The van der Waals surface area contributed by atoms with Gasteiger partial charge in [-0.1, -0.05) is 19.1 Å². The summed E-state index contributed by atoms with van der Waals surface area (Å²) in [4.78, 5) is 0. The molecule has 1 aromatic carbocycles. The second-order valence-corrected chi connectivity index (χ2v) is 4.70. The Bertz CT molecular complexity index is 520. The van der Waals surface area contributed by atoms with Gasteiger partial charge in [0.25, 0.3) is 0 Å². The van der Waals surface area contributed by atoms with Gasteiger partial charge in [0, 0.05) is 13.1 Å². The summed E-state index contributed by atoms with van der Waals surface area (Å²) in [7, 11) is 1.92. The number of rotatable bonds is 5. The first kappa shape index (κ1) is 13.7. The second kappa shape index (κ2) is 5.93. The van der Waals surface area contributed by atoms with Crippen molar-refractivity contribution in [3.05, 3.63) is 47.8 Å². The third kappa shape index (κ3) is 3.17. The van der Waals surface area contributed by atoms with E-state index in [1.54, 1.807) is 6.33 Å². The van der Waals surface area contributed by atoms with Gasteiger partial charge in [-0.25, -0.2) is 4.39 Å². The van der Waals surface area contributed by atoms with Crippen molar-refractivity contribution in [2.45, 2.75) is 32.4 Å². The Labute approximate surface area is 112 Å². The molecule has 4 nitrogen and oxygen atoms in total. The molecule has 1 N–H and O–H groups in total. The van der Waals surface area contributed by atoms with Gasteiger partial charge in [0.2, 0.25) is 0 Å². The molecule has 0 saturated heterocycles. The number of nitrogens with one attached hydrogen (secondary N) is 1. The number of aryl methyl sites for hydroxylation is 1. The van der Waals surface area contributed by atoms with Gasteiger partial charge >= 0.3 is 0 Å². The van der Waals surface area contributed by atoms with Crippen molar-refractivity contribution in [3.8, 4) is 0 Å². The number of nitrogens with zero attached hydrogens (tertiary/aromatic N) is 3. The molecular weight excluding hydrogens is 243 g/mol. The topological polar surface area (TPSA) is 42.7 Å². The highest BCUT2D eigenvalue weighted by atomic mass is 19.1. The van der Waals surface area contributed by atoms with Crippen LogP contribution in [0.1, 0.15) is 43.7 Å². The number of aromatic nitrogens is 3. The largest absolute Gasteiger partial charge is 0.319 e. The third-order valence-electron chi connectivity index (χ3n) is 3.27. The van der Waals surface area contributed by atoms with Gasteiger partial charge < -0.3 is 9.88 Å². The summed E-state index contributed by atoms with van der Waals surface area (Å²) in [5.41, 5.74) is 1.08. The van der Waals surface area contributed by atoms with E-state index in [1.807, 2.05) is 23.7 Å². The van der Waals surface area contributed by atoms with Gasteiger partial charge in [-0.3, -0.25) is 0 Å². The minimum Gasteiger partial charge on any atom is -0.319 e. The van der Waals surface area contributed by atoms with Crippen LogP contribution in [-0.2, 0) is 7.05 Å². The standard InChI is InChI=1S/C14H19FN4/c1-4-13(11-5-7-12(15)8-6-11)17-10(2)14-18-16-9-19(14)3/h5-10,13,17H,4H2,1-3H3. The van der Waals surface area contributed by atoms with E-state index in [9.17, 15) is 4.39 Å². The van der Waals surface area contributed by atoms with Crippen LogP contribution in [0.4, 0.5) is 4.39 Å². The van der Waals surface area contributed by atoms with Gasteiger partial charge in [0.15, 0.2) is 0 Å². The third-order valence-corrected chi connectivity index (χ3v) is 3.27. The molecule has 0 fully saturated rings. The highest BCUT2D eigenvalue weighted by molar-refractivity contribution is 5.20. The summed E-state index contributed by atoms with van der Waals surface area (Å²) in [6, 6.07) is 6.88. The fourth-order valence-corrected chi connectivity index (χ4v) is 2.21. The molecule has 102 valence electrons. The average molecular weight is 262 g/mol. The monoisotopic (exact) mass is 262 g/mol. The maximum absolute atomic E-state index is 13.0. The Morgan fingerprint density at radius 1 is 1.32 bits per heavy atom. The van der Waals surface area contributed by atoms with E-state index in [4.69, 9.17) is 0 Å². The fourth-order valence-electron chi connectivity index (χ4n) is 2.21. The number of halogens is 1. The Morgan fingerprint density at radius 3 is 2.53 bits per heavy atom. The lowest BCUT2D eigenvalue weighted by atomic mass is 10.0. The molecule has 0 aliphatic rings. The van der Waals surface area contributed by atoms with Gasteiger partial charge in [-0.2, -0.15) is 0 Å². The number of benzene rings is 1. The fraction of sp³-hybridized carbons (Fsp3) is 0.429. The summed E-state index contributed by atoms with van der Waals surface area (Å²) >= 11 is 0. The van der Waals surface area contributed by atoms with Crippen LogP contribution >= 0.6 is 0 Å². The van der Waals surface area contributed by atoms with Crippen molar-refractivity contribution in [1.82, 2.24) is 20.1 Å². The molecule has 5 heteroatoms. The molecule has 0 saturated carbocycles. The lowest BCUT2D eigenvalue weighted by molar-refractivity contribution is 0.434. The summed E-state index contributed by atoms with van der Waals surface area (Å²) in [6.45, 7) is 4.15. The van der Waals surface area contributed by atoms with Crippen LogP contribution in [0, 0.1) is 5.82 Å². The van der Waals surface area contributed by atoms with E-state index in [0.29, 0.717) is 0 Å². The van der Waals surface area contributed by atoms with E-state index in [1.165, 1.54) is 12.1 Å². The normalized spacial score (nSPS) is 14.3. The molecule has 0 bridgehead atoms. The lowest BCUT2D eigenvalue weighted by Gasteiger charge is -2.22. The summed E-state index contributed by atoms with van der Waals surface area (Å²) < 4.78 is 14.8. The first-order valence-electron chi connectivity index (χ1n) is 6.47. The second-order valence-electron chi connectivity index (χ2n) is 4.70. The molecule has 0 amide bonds. The molecule has 2 unspecified atom stereocenters. The summed E-state index contributed by atoms with van der Waals surface area (Å²) in [5, 5.41) is 11.5. The van der Waals surface area contributed by atoms with Crippen molar-refractivity contribution >= 4 is 0 Å². The van der Waals surface area contributed by atoms with Crippen molar-refractivity contribution in [1.29, 1.82) is 0 Å². The molecule has 2 rings (SSSR count). The smallest absolute Gasteiger partial charge is 0.149 e. The van der Waals surface area contributed by atoms with Crippen molar-refractivity contribution in [2.75, 3.05) is 0 Å². The first-order valence-corrected chi connectivity index (χ1v) is 6.47. The quantitative estimate of drug-likeness (QED) is 0.901. The molecule has 2 atom stereocenters. The Balaban J connectivity index is 2.11. The van der Waals surface area contributed by atoms with Crippen LogP contribution in [0.15, 0.2) is 30.6 Å². The van der Waals surface area contributed by atoms with Crippen LogP contribution in [0.2, 0.25) is 0 Å². The van der Waals surface area contributed by atoms with E-state index in [0.717, 1.165) is 17.8 Å². The minimum atomic E-state index is -0.208. The predicted octanol–water partition coefficient (Wildman–Crippen LogP) is 2.76. The summed E-state index contributed by atoms with van der Waals surface area (Å²) in [5.74, 6) is 0.681. The van der Waals surface area contributed by atoms with E-state index in [2.05, 4.69) is 29.4 Å². The minimum absolute atomic E-state index is 0.0857. The molecule has 0 radical (unpaired) electrons. The molecule has 0 aliphatic heterocycles. The maximum Gasteiger partial charge on any atom is 0.149 e. The van der Waals surface area contributed by atoms with Crippen LogP contribution < -0.4 is 5.32 Å². The van der Waals surface area contributed by atoms with Crippen LogP contribution in [0.3, 0.4) is 0 Å². The molecule has 0 spiro atoms. The number of hydrogen-bond acceptors (Lipinski definition) is 3. The molecule has 1 heterocycles. The van der Waals surface area contributed by atoms with E-state index < -0.39 is 0 Å². The van der Waals surface area contributed by atoms with Crippen molar-refractivity contribution < 1.29 is 4.39 Å². The molecule has 2 aromatic rings. The van der Waals surface area contributed by atoms with Crippen LogP contribution in [0.25, 0.3) is 0 Å². The zero-order valence-corrected chi connectivity index (χ0v) is 11.5. The highest BCUT2D eigenvalue weighted by Gasteiger charge is 2.16. The van der Waals surface area contributed by atoms with Crippen LogP contribution in [0.5, 0.6) is 0 Å². The Kier molecular flexibility index (Phi) is 4.27. The van der Waals surface area contributed by atoms with Gasteiger partial charge in [-0.05, 0) is 31.0 Å². The predicted molar refractivity (Wildman–Crippen MR) is 72.0 cm³/mol. The van der Waals surface area contributed by atoms with Gasteiger partial charge in [0.05, 0.1) is 6.04 Å². The maximum atomic E-state index is 13.0. The van der Waals surface area contributed by atoms with Crippen molar-refractivity contribution in [2.24, 2.45) is 7.05 Å². The zero-order chi connectivity index (χ0) is 13.8. The zero-order valence-electron chi connectivity index (χ0n) is 11.5. The molecule has 1 aromatic heterocycles. The lowest BCUT2D eigenvalue weighted by Crippen LogP contribution is -2.26. The van der Waals surface area contributed by atoms with Crippen molar-refractivity contribution in [3.63, 3.8) is 0 Å². The average Bonchev–Trinajstić information content (AvgIpc) is 2.83. The van der Waals surface area contributed by atoms with Crippen LogP contribution in [-0.4, -0.2) is 14.8 Å². The Hall–Kier alpha value is -1.75. The highest BCUT2D eigenvalue weighted by Crippen LogP contribution is 2.21. The van der Waals surface area contributed by atoms with E-state index in [-0.39, 0.29) is 17.9 Å². The molecule has 19 heavy (non-hydrogen) atoms. The first-order chi connectivity index (χ1) is 9.11. The Morgan fingerprint density at radius 2 is 2.00 bits per heavy atom. The van der Waals surface area contributed by atoms with Gasteiger partial charge in [-0.15, -0.1) is 10.2 Å². The summed E-state index contributed by atoms with van der Waals surface area (Å²) in [6.07, 6.45) is 2.61. The van der Waals surface area contributed by atoms with E-state index >= 15 is 0 Å². The number of hydrogen-bond donors (Lipinski definition) is 1. The molecular formula is C14H19FN4.